The van der Waals surface area contributed by atoms with Crippen molar-refractivity contribution in [3.05, 3.63) is 33.3 Å². The van der Waals surface area contributed by atoms with Crippen molar-refractivity contribution in [2.24, 2.45) is 0 Å². The Morgan fingerprint density at radius 1 is 1.52 bits per heavy atom. The van der Waals surface area contributed by atoms with Gasteiger partial charge in [-0.2, -0.15) is 21.7 Å². The Balaban J connectivity index is 2.39. The van der Waals surface area contributed by atoms with E-state index in [1.54, 1.807) is 0 Å². The second-order valence-electron chi connectivity index (χ2n) is 4.47. The van der Waals surface area contributed by atoms with Gasteiger partial charge in [0.2, 0.25) is 10.0 Å². The molecule has 0 amide bonds. The lowest BCUT2D eigenvalue weighted by Gasteiger charge is -2.20. The third-order valence-corrected chi connectivity index (χ3v) is 6.03. The predicted molar refractivity (Wildman–Crippen MR) is 78.7 cm³/mol. The number of nitriles is 1. The molecule has 0 spiro atoms. The number of rotatable bonds is 4. The van der Waals surface area contributed by atoms with E-state index in [4.69, 9.17) is 11.6 Å². The van der Waals surface area contributed by atoms with Crippen LogP contribution in [0.4, 0.5) is 5.69 Å². The first-order valence-electron chi connectivity index (χ1n) is 5.77. The van der Waals surface area contributed by atoms with E-state index in [1.807, 2.05) is 6.07 Å². The van der Waals surface area contributed by atoms with E-state index in [2.05, 4.69) is 4.72 Å². The zero-order chi connectivity index (χ0) is 15.7. The number of hydrogen-bond acceptors (Lipinski definition) is 6. The van der Waals surface area contributed by atoms with Crippen LogP contribution in [0.5, 0.6) is 0 Å². The van der Waals surface area contributed by atoms with E-state index in [0.717, 1.165) is 12.1 Å². The molecule has 0 radical (unpaired) electrons. The summed E-state index contributed by atoms with van der Waals surface area (Å²) in [6.07, 6.45) is 0.392. The molecule has 2 rings (SSSR count). The summed E-state index contributed by atoms with van der Waals surface area (Å²) in [7, 11) is -4.04. The Hall–Kier alpha value is -1.34. The topological polar surface area (TPSA) is 113 Å². The highest BCUT2D eigenvalue weighted by molar-refractivity contribution is 7.99. The molecule has 1 aliphatic heterocycles. The van der Waals surface area contributed by atoms with Crippen molar-refractivity contribution in [3.63, 3.8) is 0 Å². The molecule has 1 N–H and O–H groups in total. The lowest BCUT2D eigenvalue weighted by atomic mass is 10.0. The van der Waals surface area contributed by atoms with Gasteiger partial charge in [-0.25, -0.2) is 8.42 Å². The zero-order valence-electron chi connectivity index (χ0n) is 10.6. The van der Waals surface area contributed by atoms with E-state index in [9.17, 15) is 23.8 Å². The highest BCUT2D eigenvalue weighted by Crippen LogP contribution is 2.31. The lowest BCUT2D eigenvalue weighted by molar-refractivity contribution is -0.384. The highest BCUT2D eigenvalue weighted by Gasteiger charge is 2.39. The smallest absolute Gasteiger partial charge is 0.258 e. The standard InChI is InChI=1S/C11H10ClN3O4S2/c12-9-2-1-8(5-10(9)15(16)17)21(18,19)14-11(6-13)3-4-20-7-11/h1-2,5,14H,3-4,7H2. The largest absolute Gasteiger partial charge is 0.289 e. The van der Waals surface area contributed by atoms with Crippen LogP contribution >= 0.6 is 23.4 Å². The van der Waals surface area contributed by atoms with Gasteiger partial charge in [0.15, 0.2) is 0 Å². The minimum absolute atomic E-state index is 0.148. The van der Waals surface area contributed by atoms with Gasteiger partial charge in [-0.3, -0.25) is 10.1 Å². The maximum atomic E-state index is 12.3. The molecular weight excluding hydrogens is 338 g/mol. The van der Waals surface area contributed by atoms with Crippen LogP contribution in [0.2, 0.25) is 5.02 Å². The Morgan fingerprint density at radius 2 is 2.24 bits per heavy atom. The summed E-state index contributed by atoms with van der Waals surface area (Å²) in [6.45, 7) is 0. The molecule has 21 heavy (non-hydrogen) atoms. The van der Waals surface area contributed by atoms with E-state index in [1.165, 1.54) is 17.8 Å². The monoisotopic (exact) mass is 347 g/mol. The number of hydrogen-bond donors (Lipinski definition) is 1. The molecule has 1 aliphatic rings. The van der Waals surface area contributed by atoms with Crippen molar-refractivity contribution in [1.29, 1.82) is 5.26 Å². The molecule has 1 aromatic rings. The molecular formula is C11H10ClN3O4S2. The van der Waals surface area contributed by atoms with Gasteiger partial charge in [-0.15, -0.1) is 0 Å². The first kappa shape index (κ1) is 16.0. The van der Waals surface area contributed by atoms with Crippen LogP contribution in [0, 0.1) is 21.4 Å². The molecule has 0 aromatic heterocycles. The Kier molecular flexibility index (Phi) is 4.43. The number of sulfonamides is 1. The molecule has 0 saturated carbocycles. The number of halogens is 1. The van der Waals surface area contributed by atoms with Crippen molar-refractivity contribution in [3.8, 4) is 6.07 Å². The second kappa shape index (κ2) is 5.81. The maximum Gasteiger partial charge on any atom is 0.289 e. The van der Waals surface area contributed by atoms with Gasteiger partial charge in [-0.1, -0.05) is 11.6 Å². The Labute approximate surface area is 130 Å². The lowest BCUT2D eigenvalue weighted by Crippen LogP contribution is -2.47. The number of nitrogens with zero attached hydrogens (tertiary/aromatic N) is 2. The summed E-state index contributed by atoms with van der Waals surface area (Å²) in [5.41, 5.74) is -1.66. The van der Waals surface area contributed by atoms with Crippen LogP contribution in [0.1, 0.15) is 6.42 Å². The van der Waals surface area contributed by atoms with Gasteiger partial charge in [-0.05, 0) is 24.3 Å². The molecule has 7 nitrogen and oxygen atoms in total. The number of benzene rings is 1. The summed E-state index contributed by atoms with van der Waals surface area (Å²) in [6, 6.07) is 5.19. The van der Waals surface area contributed by atoms with Crippen LogP contribution in [-0.2, 0) is 10.0 Å². The van der Waals surface area contributed by atoms with Gasteiger partial charge in [0.25, 0.3) is 5.69 Å². The zero-order valence-corrected chi connectivity index (χ0v) is 13.0. The van der Waals surface area contributed by atoms with E-state index in [-0.39, 0.29) is 9.92 Å². The summed E-state index contributed by atoms with van der Waals surface area (Å²) < 4.78 is 26.9. The van der Waals surface area contributed by atoms with Gasteiger partial charge in [0.1, 0.15) is 10.6 Å². The van der Waals surface area contributed by atoms with Crippen LogP contribution in [0.25, 0.3) is 0 Å². The minimum atomic E-state index is -4.04. The average molecular weight is 348 g/mol. The fraction of sp³-hybridized carbons (Fsp3) is 0.364. The fourth-order valence-electron chi connectivity index (χ4n) is 1.87. The van der Waals surface area contributed by atoms with Crippen molar-refractivity contribution >= 4 is 39.1 Å². The summed E-state index contributed by atoms with van der Waals surface area (Å²) >= 11 is 7.13. The predicted octanol–water partition coefficient (Wildman–Crippen LogP) is 1.93. The average Bonchev–Trinajstić information content (AvgIpc) is 2.87. The molecule has 10 heteroatoms. The molecule has 1 aromatic carbocycles. The molecule has 1 heterocycles. The molecule has 1 unspecified atom stereocenters. The van der Waals surface area contributed by atoms with Gasteiger partial charge in [0.05, 0.1) is 15.9 Å². The molecule has 112 valence electrons. The normalized spacial score (nSPS) is 21.9. The summed E-state index contributed by atoms with van der Waals surface area (Å²) in [5.74, 6) is 1.02. The first-order chi connectivity index (χ1) is 9.80. The van der Waals surface area contributed by atoms with E-state index >= 15 is 0 Å². The number of nitro groups is 1. The number of nitrogens with one attached hydrogen (secondary N) is 1. The van der Waals surface area contributed by atoms with Gasteiger partial charge >= 0.3 is 0 Å². The minimum Gasteiger partial charge on any atom is -0.258 e. The molecule has 0 aliphatic carbocycles. The number of nitro benzene ring substituents is 1. The van der Waals surface area contributed by atoms with Crippen LogP contribution in [-0.4, -0.2) is 30.4 Å². The van der Waals surface area contributed by atoms with Crippen molar-refractivity contribution < 1.29 is 13.3 Å². The first-order valence-corrected chi connectivity index (χ1v) is 8.78. The van der Waals surface area contributed by atoms with Crippen molar-refractivity contribution in [2.75, 3.05) is 11.5 Å². The summed E-state index contributed by atoms with van der Waals surface area (Å²) in [5, 5.41) is 19.9. The molecule has 1 atom stereocenters. The molecule has 1 fully saturated rings. The van der Waals surface area contributed by atoms with Gasteiger partial charge < -0.3 is 0 Å². The third-order valence-electron chi connectivity index (χ3n) is 2.99. The van der Waals surface area contributed by atoms with E-state index < -0.39 is 26.2 Å². The van der Waals surface area contributed by atoms with Crippen LogP contribution in [0.3, 0.4) is 0 Å². The fourth-order valence-corrected chi connectivity index (χ4v) is 4.78. The Morgan fingerprint density at radius 3 is 2.76 bits per heavy atom. The number of thioether (sulfide) groups is 1. The van der Waals surface area contributed by atoms with Crippen molar-refractivity contribution in [1.82, 2.24) is 4.72 Å². The quantitative estimate of drug-likeness (QED) is 0.657. The second-order valence-corrected chi connectivity index (χ2v) is 7.67. The van der Waals surface area contributed by atoms with Gasteiger partial charge in [0, 0.05) is 11.8 Å². The Bertz CT molecular complexity index is 723. The maximum absolute atomic E-state index is 12.3. The highest BCUT2D eigenvalue weighted by atomic mass is 35.5. The SMILES string of the molecule is N#CC1(NS(=O)(=O)c2ccc(Cl)c([N+](=O)[O-])c2)CCSC1. The molecule has 0 bridgehead atoms. The van der Waals surface area contributed by atoms with Crippen LogP contribution < -0.4 is 4.72 Å². The summed E-state index contributed by atoms with van der Waals surface area (Å²) in [4.78, 5) is 9.77. The van der Waals surface area contributed by atoms with Crippen molar-refractivity contribution in [2.45, 2.75) is 16.9 Å². The molecule has 1 saturated heterocycles. The van der Waals surface area contributed by atoms with E-state index in [0.29, 0.717) is 17.9 Å². The van der Waals surface area contributed by atoms with Crippen LogP contribution in [0.15, 0.2) is 23.1 Å². The third kappa shape index (κ3) is 3.29.